The summed E-state index contributed by atoms with van der Waals surface area (Å²) in [5, 5.41) is 16.5. The van der Waals surface area contributed by atoms with E-state index in [9.17, 15) is 19.7 Å². The second-order valence-corrected chi connectivity index (χ2v) is 8.86. The van der Waals surface area contributed by atoms with Gasteiger partial charge >= 0.3 is 0 Å². The summed E-state index contributed by atoms with van der Waals surface area (Å²) < 4.78 is 6.35. The number of nitrogens with zero attached hydrogens (tertiary/aromatic N) is 1. The summed E-state index contributed by atoms with van der Waals surface area (Å²) in [6, 6.07) is 16.0. The van der Waals surface area contributed by atoms with Gasteiger partial charge in [0.2, 0.25) is 0 Å². The molecule has 0 heterocycles. The second kappa shape index (κ2) is 11.1. The first-order valence-corrected chi connectivity index (χ1v) is 11.4. The predicted molar refractivity (Wildman–Crippen MR) is 137 cm³/mol. The monoisotopic (exact) mass is 587 g/mol. The van der Waals surface area contributed by atoms with E-state index in [1.54, 1.807) is 24.3 Å². The van der Waals surface area contributed by atoms with Crippen LogP contribution in [0.1, 0.15) is 21.5 Å². The maximum Gasteiger partial charge on any atom is 0.272 e. The van der Waals surface area contributed by atoms with Crippen LogP contribution in [0.25, 0.3) is 6.08 Å². The normalized spacial score (nSPS) is 11.0. The fraction of sp³-hybridized carbons (Fsp3) is 0.0833. The van der Waals surface area contributed by atoms with Gasteiger partial charge in [0.05, 0.1) is 23.3 Å². The molecule has 0 aliphatic carbocycles. The number of benzene rings is 3. The van der Waals surface area contributed by atoms with Crippen molar-refractivity contribution in [2.24, 2.45) is 0 Å². The number of hydrogen-bond donors (Lipinski definition) is 2. The van der Waals surface area contributed by atoms with Crippen molar-refractivity contribution >= 4 is 61.1 Å². The Morgan fingerprint density at radius 1 is 1.03 bits per heavy atom. The minimum absolute atomic E-state index is 0.104. The summed E-state index contributed by atoms with van der Waals surface area (Å²) in [6.07, 6.45) is 1.37. The lowest BCUT2D eigenvalue weighted by atomic mass is 10.1. The lowest BCUT2D eigenvalue weighted by Crippen LogP contribution is -2.31. The van der Waals surface area contributed by atoms with Crippen LogP contribution in [0.4, 0.5) is 11.4 Å². The maximum atomic E-state index is 13.2. The van der Waals surface area contributed by atoms with Gasteiger partial charge in [-0.2, -0.15) is 0 Å². The van der Waals surface area contributed by atoms with Crippen molar-refractivity contribution in [2.45, 2.75) is 6.92 Å². The number of nitro groups is 1. The topological polar surface area (TPSA) is 111 Å². The van der Waals surface area contributed by atoms with Gasteiger partial charge in [-0.05, 0) is 86.3 Å². The quantitative estimate of drug-likeness (QED) is 0.204. The summed E-state index contributed by atoms with van der Waals surface area (Å²) >= 11 is 6.75. The molecule has 0 saturated carbocycles. The molecule has 0 aliphatic rings. The van der Waals surface area contributed by atoms with E-state index in [-0.39, 0.29) is 16.9 Å². The van der Waals surface area contributed by atoms with Crippen LogP contribution >= 0.6 is 31.9 Å². The number of nitrogens with one attached hydrogen (secondary N) is 2. The molecule has 0 radical (unpaired) electrons. The van der Waals surface area contributed by atoms with E-state index in [0.717, 1.165) is 5.56 Å². The molecule has 2 N–H and O–H groups in total. The number of nitro benzene ring substituents is 1. The Kier molecular flexibility index (Phi) is 8.19. The minimum Gasteiger partial charge on any atom is -0.497 e. The van der Waals surface area contributed by atoms with E-state index in [0.29, 0.717) is 25.9 Å². The largest absolute Gasteiger partial charge is 0.497 e. The van der Waals surface area contributed by atoms with E-state index in [4.69, 9.17) is 4.74 Å². The van der Waals surface area contributed by atoms with Gasteiger partial charge in [0, 0.05) is 21.1 Å². The molecule has 0 atom stereocenters. The number of amides is 2. The van der Waals surface area contributed by atoms with Crippen molar-refractivity contribution in [3.8, 4) is 5.75 Å². The van der Waals surface area contributed by atoms with E-state index >= 15 is 0 Å². The molecule has 0 bridgehead atoms. The molecule has 0 aromatic heterocycles. The van der Waals surface area contributed by atoms with Crippen LogP contribution in [-0.4, -0.2) is 23.8 Å². The SMILES string of the molecule is COc1ccc(Br)c(C(=O)N/C(=C/c2cccc([N+](=O)[O-])c2)C(=O)Nc2ccc(C)cc2Br)c1. The van der Waals surface area contributed by atoms with Gasteiger partial charge in [-0.1, -0.05) is 18.2 Å². The number of non-ortho nitro benzene ring substituents is 1. The molecule has 0 fully saturated rings. The number of carbonyl (C=O) groups is 2. The molecule has 34 heavy (non-hydrogen) atoms. The molecule has 2 amide bonds. The number of ether oxygens (including phenoxy) is 1. The molecule has 3 aromatic carbocycles. The average molecular weight is 589 g/mol. The number of halogens is 2. The number of hydrogen-bond acceptors (Lipinski definition) is 5. The summed E-state index contributed by atoms with van der Waals surface area (Å²) in [5.41, 5.74) is 1.86. The number of anilines is 1. The third-order valence-corrected chi connectivity index (χ3v) is 6.02. The fourth-order valence-corrected chi connectivity index (χ4v) is 3.98. The van der Waals surface area contributed by atoms with Gasteiger partial charge in [0.25, 0.3) is 17.5 Å². The smallest absolute Gasteiger partial charge is 0.272 e. The van der Waals surface area contributed by atoms with Crippen LogP contribution in [0.15, 0.2) is 75.3 Å². The third kappa shape index (κ3) is 6.30. The standard InChI is InChI=1S/C24H19Br2N3O5/c1-14-6-9-21(20(26)10-14)27-24(31)22(12-15-4-3-5-16(11-15)29(32)33)28-23(30)18-13-17(34-2)7-8-19(18)25/h3-13H,1-2H3,(H,27,31)(H,28,30)/b22-12+. The Morgan fingerprint density at radius 2 is 1.79 bits per heavy atom. The lowest BCUT2D eigenvalue weighted by Gasteiger charge is -2.14. The molecule has 0 saturated heterocycles. The highest BCUT2D eigenvalue weighted by Gasteiger charge is 2.19. The lowest BCUT2D eigenvalue weighted by molar-refractivity contribution is -0.384. The molecular weight excluding hydrogens is 570 g/mol. The molecule has 8 nitrogen and oxygen atoms in total. The number of methoxy groups -OCH3 is 1. The van der Waals surface area contributed by atoms with Gasteiger partial charge in [0.15, 0.2) is 0 Å². The van der Waals surface area contributed by atoms with Gasteiger partial charge in [-0.25, -0.2) is 0 Å². The zero-order valence-corrected chi connectivity index (χ0v) is 21.3. The molecular formula is C24H19Br2N3O5. The minimum atomic E-state index is -0.608. The van der Waals surface area contributed by atoms with Gasteiger partial charge in [-0.3, -0.25) is 19.7 Å². The number of carbonyl (C=O) groups excluding carboxylic acids is 2. The Balaban J connectivity index is 1.99. The van der Waals surface area contributed by atoms with Crippen LogP contribution in [-0.2, 0) is 4.79 Å². The number of rotatable bonds is 7. The van der Waals surface area contributed by atoms with Crippen LogP contribution < -0.4 is 15.4 Å². The Hall–Kier alpha value is -3.50. The van der Waals surface area contributed by atoms with Gasteiger partial charge in [-0.15, -0.1) is 0 Å². The molecule has 10 heteroatoms. The Bertz CT molecular complexity index is 1310. The zero-order chi connectivity index (χ0) is 24.8. The highest BCUT2D eigenvalue weighted by Crippen LogP contribution is 2.25. The van der Waals surface area contributed by atoms with Crippen molar-refractivity contribution in [1.82, 2.24) is 5.32 Å². The first kappa shape index (κ1) is 25.1. The Labute approximate surface area is 212 Å². The molecule has 0 spiro atoms. The third-order valence-electron chi connectivity index (χ3n) is 4.68. The molecule has 0 unspecified atom stereocenters. The Morgan fingerprint density at radius 3 is 2.47 bits per heavy atom. The van der Waals surface area contributed by atoms with Crippen LogP contribution in [0.3, 0.4) is 0 Å². The first-order valence-electron chi connectivity index (χ1n) is 9.86. The van der Waals surface area contributed by atoms with Gasteiger partial charge < -0.3 is 15.4 Å². The predicted octanol–water partition coefficient (Wildman–Crippen LogP) is 5.85. The van der Waals surface area contributed by atoms with Crippen molar-refractivity contribution < 1.29 is 19.2 Å². The summed E-state index contributed by atoms with van der Waals surface area (Å²) in [6.45, 7) is 1.91. The summed E-state index contributed by atoms with van der Waals surface area (Å²) in [7, 11) is 1.48. The second-order valence-electron chi connectivity index (χ2n) is 7.15. The number of aryl methyl sites for hydroxylation is 1. The van der Waals surface area contributed by atoms with E-state index in [1.165, 1.54) is 37.5 Å². The van der Waals surface area contributed by atoms with Crippen molar-refractivity contribution in [3.05, 3.63) is 102 Å². The van der Waals surface area contributed by atoms with Crippen molar-refractivity contribution in [1.29, 1.82) is 0 Å². The average Bonchev–Trinajstić information content (AvgIpc) is 2.80. The zero-order valence-electron chi connectivity index (χ0n) is 18.1. The molecule has 0 aliphatic heterocycles. The van der Waals surface area contributed by atoms with E-state index in [2.05, 4.69) is 42.5 Å². The van der Waals surface area contributed by atoms with Crippen molar-refractivity contribution in [2.75, 3.05) is 12.4 Å². The highest BCUT2D eigenvalue weighted by atomic mass is 79.9. The maximum absolute atomic E-state index is 13.2. The molecule has 3 rings (SSSR count). The first-order chi connectivity index (χ1) is 16.2. The van der Waals surface area contributed by atoms with E-state index < -0.39 is 16.7 Å². The fourth-order valence-electron chi connectivity index (χ4n) is 2.96. The highest BCUT2D eigenvalue weighted by molar-refractivity contribution is 9.11. The molecule has 3 aromatic rings. The van der Waals surface area contributed by atoms with Gasteiger partial charge in [0.1, 0.15) is 11.4 Å². The van der Waals surface area contributed by atoms with Crippen LogP contribution in [0.5, 0.6) is 5.75 Å². The van der Waals surface area contributed by atoms with Crippen LogP contribution in [0.2, 0.25) is 0 Å². The summed E-state index contributed by atoms with van der Waals surface area (Å²) in [4.78, 5) is 36.8. The van der Waals surface area contributed by atoms with E-state index in [1.807, 2.05) is 19.1 Å². The molecule has 174 valence electrons. The summed E-state index contributed by atoms with van der Waals surface area (Å²) in [5.74, 6) is -0.713. The van der Waals surface area contributed by atoms with Crippen LogP contribution in [0, 0.1) is 17.0 Å². The van der Waals surface area contributed by atoms with Crippen molar-refractivity contribution in [3.63, 3.8) is 0 Å².